The van der Waals surface area contributed by atoms with E-state index in [1.807, 2.05) is 0 Å². The van der Waals surface area contributed by atoms with Gasteiger partial charge in [-0.2, -0.15) is 0 Å². The monoisotopic (exact) mass is 277 g/mol. The Bertz CT molecular complexity index is 447. The maximum atomic E-state index is 5.49. The Hall–Kier alpha value is -1.06. The summed E-state index contributed by atoms with van der Waals surface area (Å²) in [6.07, 6.45) is 2.56. The van der Waals surface area contributed by atoms with Gasteiger partial charge in [0.05, 0.1) is 13.7 Å². The second-order valence-corrected chi connectivity index (χ2v) is 5.95. The summed E-state index contributed by atoms with van der Waals surface area (Å²) in [5.74, 6) is 1.71. The molecule has 3 heteroatoms. The van der Waals surface area contributed by atoms with Gasteiger partial charge in [-0.1, -0.05) is 19.1 Å². The lowest BCUT2D eigenvalue weighted by atomic mass is 9.57. The lowest BCUT2D eigenvalue weighted by Crippen LogP contribution is -2.50. The van der Waals surface area contributed by atoms with Gasteiger partial charge in [-0.15, -0.1) is 0 Å². The fourth-order valence-electron chi connectivity index (χ4n) is 3.19. The van der Waals surface area contributed by atoms with Crippen LogP contribution in [0.25, 0.3) is 0 Å². The van der Waals surface area contributed by atoms with Gasteiger partial charge in [0.15, 0.2) is 0 Å². The van der Waals surface area contributed by atoms with Crippen molar-refractivity contribution in [1.82, 2.24) is 5.32 Å². The Morgan fingerprint density at radius 2 is 2.15 bits per heavy atom. The lowest BCUT2D eigenvalue weighted by Gasteiger charge is -2.49. The highest BCUT2D eigenvalue weighted by atomic mass is 16.5. The third-order valence-electron chi connectivity index (χ3n) is 4.87. The molecule has 0 aromatic heterocycles. The van der Waals surface area contributed by atoms with Crippen LogP contribution in [0.1, 0.15) is 30.9 Å². The number of methoxy groups -OCH3 is 2. The molecule has 2 atom stereocenters. The van der Waals surface area contributed by atoms with E-state index in [9.17, 15) is 0 Å². The number of hydrogen-bond acceptors (Lipinski definition) is 3. The van der Waals surface area contributed by atoms with Crippen LogP contribution in [0.5, 0.6) is 5.75 Å². The number of aryl methyl sites for hydroxylation is 1. The molecule has 1 N–H and O–H groups in total. The molecule has 1 aliphatic rings. The molecule has 1 saturated carbocycles. The Kier molecular flexibility index (Phi) is 5.06. The first-order chi connectivity index (χ1) is 9.64. The highest BCUT2D eigenvalue weighted by Crippen LogP contribution is 2.49. The van der Waals surface area contributed by atoms with Crippen LogP contribution in [0, 0.1) is 12.8 Å². The molecule has 0 aliphatic heterocycles. The molecule has 3 nitrogen and oxygen atoms in total. The zero-order valence-corrected chi connectivity index (χ0v) is 13.2. The van der Waals surface area contributed by atoms with E-state index in [0.717, 1.165) is 25.4 Å². The van der Waals surface area contributed by atoms with Crippen LogP contribution in [-0.4, -0.2) is 33.9 Å². The third kappa shape index (κ3) is 2.84. The van der Waals surface area contributed by atoms with Gasteiger partial charge in [0.25, 0.3) is 0 Å². The second kappa shape index (κ2) is 6.59. The highest BCUT2D eigenvalue weighted by Gasteiger charge is 2.45. The summed E-state index contributed by atoms with van der Waals surface area (Å²) in [5, 5.41) is 3.54. The van der Waals surface area contributed by atoms with Crippen LogP contribution in [0.2, 0.25) is 0 Å². The average Bonchev–Trinajstić information content (AvgIpc) is 2.46. The van der Waals surface area contributed by atoms with Gasteiger partial charge in [-0.25, -0.2) is 0 Å². The molecular formula is C17H27NO2. The minimum atomic E-state index is 0.259. The number of rotatable bonds is 7. The summed E-state index contributed by atoms with van der Waals surface area (Å²) in [6, 6.07) is 6.67. The molecule has 112 valence electrons. The minimum absolute atomic E-state index is 0.259. The lowest BCUT2D eigenvalue weighted by molar-refractivity contribution is 0.127. The van der Waals surface area contributed by atoms with E-state index in [2.05, 4.69) is 37.4 Å². The van der Waals surface area contributed by atoms with E-state index in [1.54, 1.807) is 14.2 Å². The van der Waals surface area contributed by atoms with Crippen LogP contribution in [0.4, 0.5) is 0 Å². The van der Waals surface area contributed by atoms with Crippen molar-refractivity contribution in [2.75, 3.05) is 33.9 Å². The maximum Gasteiger partial charge on any atom is 0.122 e. The summed E-state index contributed by atoms with van der Waals surface area (Å²) in [5.41, 5.74) is 2.86. The number of hydrogen-bond donors (Lipinski definition) is 1. The van der Waals surface area contributed by atoms with Crippen molar-refractivity contribution in [3.8, 4) is 5.75 Å². The van der Waals surface area contributed by atoms with Crippen LogP contribution in [0.15, 0.2) is 18.2 Å². The second-order valence-electron chi connectivity index (χ2n) is 5.95. The van der Waals surface area contributed by atoms with Crippen molar-refractivity contribution in [3.63, 3.8) is 0 Å². The van der Waals surface area contributed by atoms with Crippen molar-refractivity contribution < 1.29 is 9.47 Å². The predicted molar refractivity (Wildman–Crippen MR) is 82.6 cm³/mol. The summed E-state index contributed by atoms with van der Waals surface area (Å²) < 4.78 is 10.6. The van der Waals surface area contributed by atoms with Crippen molar-refractivity contribution in [1.29, 1.82) is 0 Å². The van der Waals surface area contributed by atoms with Gasteiger partial charge >= 0.3 is 0 Å². The number of ether oxygens (including phenoxy) is 2. The predicted octanol–water partition coefficient (Wildman–Crippen LogP) is 2.91. The Morgan fingerprint density at radius 1 is 1.35 bits per heavy atom. The third-order valence-corrected chi connectivity index (χ3v) is 4.87. The molecule has 1 aliphatic carbocycles. The molecule has 0 radical (unpaired) electrons. The van der Waals surface area contributed by atoms with Crippen LogP contribution in [0.3, 0.4) is 0 Å². The molecule has 0 bridgehead atoms. The van der Waals surface area contributed by atoms with Crippen molar-refractivity contribution in [2.24, 2.45) is 5.92 Å². The standard InChI is InChI=1S/C17H27NO2/c1-13-5-6-15(11-16(13)20-4)17(8-7-14(17)2)12-18-9-10-19-3/h5-6,11,14,18H,7-10,12H2,1-4H3. The fraction of sp³-hybridized carbons (Fsp3) is 0.647. The summed E-state index contributed by atoms with van der Waals surface area (Å²) in [7, 11) is 3.49. The maximum absolute atomic E-state index is 5.49. The van der Waals surface area contributed by atoms with E-state index in [1.165, 1.54) is 24.0 Å². The molecule has 2 unspecified atom stereocenters. The van der Waals surface area contributed by atoms with Gasteiger partial charge in [0, 0.05) is 25.6 Å². The summed E-state index contributed by atoms with van der Waals surface area (Å²) in [6.45, 7) is 7.14. The van der Waals surface area contributed by atoms with Gasteiger partial charge < -0.3 is 14.8 Å². The quantitative estimate of drug-likeness (QED) is 0.777. The van der Waals surface area contributed by atoms with Gasteiger partial charge in [0.2, 0.25) is 0 Å². The van der Waals surface area contributed by atoms with E-state index in [0.29, 0.717) is 5.92 Å². The normalized spacial score (nSPS) is 25.3. The SMILES string of the molecule is COCCNCC1(c2ccc(C)c(OC)c2)CCC1C. The zero-order valence-electron chi connectivity index (χ0n) is 13.2. The average molecular weight is 277 g/mol. The molecule has 1 aromatic rings. The fourth-order valence-corrected chi connectivity index (χ4v) is 3.19. The first-order valence-electron chi connectivity index (χ1n) is 7.49. The Morgan fingerprint density at radius 3 is 2.70 bits per heavy atom. The highest BCUT2D eigenvalue weighted by molar-refractivity contribution is 5.41. The van der Waals surface area contributed by atoms with Gasteiger partial charge in [0.1, 0.15) is 5.75 Å². The van der Waals surface area contributed by atoms with Crippen LogP contribution < -0.4 is 10.1 Å². The van der Waals surface area contributed by atoms with Crippen LogP contribution in [-0.2, 0) is 10.2 Å². The Balaban J connectivity index is 2.16. The first kappa shape index (κ1) is 15.3. The van der Waals surface area contributed by atoms with Gasteiger partial charge in [-0.3, -0.25) is 0 Å². The van der Waals surface area contributed by atoms with Crippen LogP contribution >= 0.6 is 0 Å². The summed E-state index contributed by atoms with van der Waals surface area (Å²) >= 11 is 0. The molecule has 0 amide bonds. The van der Waals surface area contributed by atoms with Crippen molar-refractivity contribution >= 4 is 0 Å². The number of benzene rings is 1. The Labute approximate surface area is 122 Å². The molecule has 0 heterocycles. The van der Waals surface area contributed by atoms with Crippen molar-refractivity contribution in [2.45, 2.75) is 32.1 Å². The molecule has 20 heavy (non-hydrogen) atoms. The molecule has 0 saturated heterocycles. The van der Waals surface area contributed by atoms with Gasteiger partial charge in [-0.05, 0) is 42.9 Å². The zero-order chi connectivity index (χ0) is 14.6. The largest absolute Gasteiger partial charge is 0.496 e. The first-order valence-corrected chi connectivity index (χ1v) is 7.49. The van der Waals surface area contributed by atoms with Crippen molar-refractivity contribution in [3.05, 3.63) is 29.3 Å². The molecule has 1 fully saturated rings. The van der Waals surface area contributed by atoms with E-state index < -0.39 is 0 Å². The molecular weight excluding hydrogens is 250 g/mol. The van der Waals surface area contributed by atoms with E-state index in [4.69, 9.17) is 9.47 Å². The molecule has 1 aromatic carbocycles. The smallest absolute Gasteiger partial charge is 0.122 e. The minimum Gasteiger partial charge on any atom is -0.496 e. The number of nitrogens with one attached hydrogen (secondary N) is 1. The summed E-state index contributed by atoms with van der Waals surface area (Å²) in [4.78, 5) is 0. The van der Waals surface area contributed by atoms with E-state index in [-0.39, 0.29) is 5.41 Å². The topological polar surface area (TPSA) is 30.5 Å². The van der Waals surface area contributed by atoms with E-state index >= 15 is 0 Å². The molecule has 2 rings (SSSR count). The molecule has 0 spiro atoms.